The van der Waals surface area contributed by atoms with Crippen LogP contribution in [-0.2, 0) is 0 Å². The molecule has 1 heterocycles. The number of nitrogens with zero attached hydrogens (tertiary/aromatic N) is 2. The summed E-state index contributed by atoms with van der Waals surface area (Å²) in [5.74, 6) is 0.720. The van der Waals surface area contributed by atoms with E-state index < -0.39 is 0 Å². The van der Waals surface area contributed by atoms with E-state index >= 15 is 0 Å². The van der Waals surface area contributed by atoms with Crippen molar-refractivity contribution in [2.24, 2.45) is 5.92 Å². The van der Waals surface area contributed by atoms with Crippen molar-refractivity contribution in [2.75, 3.05) is 37.6 Å². The summed E-state index contributed by atoms with van der Waals surface area (Å²) in [5, 5.41) is 0. The molecule has 2 heteroatoms. The Morgan fingerprint density at radius 2 is 1.83 bits per heavy atom. The van der Waals surface area contributed by atoms with Gasteiger partial charge in [0.2, 0.25) is 0 Å². The molecule has 0 radical (unpaired) electrons. The fourth-order valence-corrected chi connectivity index (χ4v) is 3.69. The molecule has 1 saturated heterocycles. The van der Waals surface area contributed by atoms with Crippen molar-refractivity contribution in [2.45, 2.75) is 33.1 Å². The number of piperazine rings is 1. The van der Waals surface area contributed by atoms with Crippen molar-refractivity contribution >= 4 is 5.69 Å². The van der Waals surface area contributed by atoms with Crippen LogP contribution in [0.1, 0.15) is 31.7 Å². The van der Waals surface area contributed by atoms with E-state index in [-0.39, 0.29) is 0 Å². The van der Waals surface area contributed by atoms with E-state index in [1.165, 1.54) is 55.7 Å². The molecular formula is C21H30N2. The maximum absolute atomic E-state index is 4.12. The maximum atomic E-state index is 4.12. The largest absolute Gasteiger partial charge is 0.369 e. The van der Waals surface area contributed by atoms with Gasteiger partial charge in [0.05, 0.1) is 0 Å². The van der Waals surface area contributed by atoms with Crippen molar-refractivity contribution < 1.29 is 0 Å². The van der Waals surface area contributed by atoms with Gasteiger partial charge in [0.1, 0.15) is 0 Å². The molecule has 0 amide bonds. The van der Waals surface area contributed by atoms with Crippen LogP contribution >= 0.6 is 0 Å². The zero-order valence-electron chi connectivity index (χ0n) is 14.7. The topological polar surface area (TPSA) is 6.48 Å². The molecule has 1 fully saturated rings. The van der Waals surface area contributed by atoms with Crippen LogP contribution in [0, 0.1) is 12.8 Å². The van der Waals surface area contributed by atoms with Crippen LogP contribution in [0.4, 0.5) is 5.69 Å². The van der Waals surface area contributed by atoms with Gasteiger partial charge in [-0.3, -0.25) is 4.90 Å². The van der Waals surface area contributed by atoms with Gasteiger partial charge in [-0.15, -0.1) is 0 Å². The number of rotatable bonds is 4. The normalized spacial score (nSPS) is 22.8. The van der Waals surface area contributed by atoms with Crippen LogP contribution < -0.4 is 4.90 Å². The van der Waals surface area contributed by atoms with Crippen molar-refractivity contribution in [3.63, 3.8) is 0 Å². The number of hydrogen-bond acceptors (Lipinski definition) is 2. The number of anilines is 1. The molecule has 124 valence electrons. The molecule has 0 bridgehead atoms. The van der Waals surface area contributed by atoms with E-state index in [0.717, 1.165) is 19.0 Å². The second-order valence-electron chi connectivity index (χ2n) is 7.28. The Morgan fingerprint density at radius 1 is 1.13 bits per heavy atom. The zero-order valence-corrected chi connectivity index (χ0v) is 14.7. The predicted molar refractivity (Wildman–Crippen MR) is 100 cm³/mol. The van der Waals surface area contributed by atoms with E-state index in [2.05, 4.69) is 60.6 Å². The number of benzene rings is 1. The van der Waals surface area contributed by atoms with Crippen LogP contribution in [-0.4, -0.2) is 37.6 Å². The molecule has 1 aliphatic heterocycles. The van der Waals surface area contributed by atoms with Gasteiger partial charge in [0.25, 0.3) is 0 Å². The van der Waals surface area contributed by atoms with Gasteiger partial charge < -0.3 is 4.90 Å². The summed E-state index contributed by atoms with van der Waals surface area (Å²) in [6.07, 6.45) is 6.24. The highest BCUT2D eigenvalue weighted by molar-refractivity contribution is 5.47. The molecule has 2 nitrogen and oxygen atoms in total. The lowest BCUT2D eigenvalue weighted by Crippen LogP contribution is -2.47. The number of aryl methyl sites for hydroxylation is 1. The third-order valence-electron chi connectivity index (χ3n) is 5.40. The fraction of sp³-hybridized carbons (Fsp3) is 0.524. The number of allylic oxidation sites excluding steroid dienone is 2. The lowest BCUT2D eigenvalue weighted by Gasteiger charge is -2.37. The van der Waals surface area contributed by atoms with Crippen molar-refractivity contribution in [3.8, 4) is 0 Å². The van der Waals surface area contributed by atoms with Crippen LogP contribution in [0.3, 0.4) is 0 Å². The lowest BCUT2D eigenvalue weighted by molar-refractivity contribution is 0.273. The van der Waals surface area contributed by atoms with Gasteiger partial charge >= 0.3 is 0 Å². The Labute approximate surface area is 141 Å². The van der Waals surface area contributed by atoms with Crippen molar-refractivity contribution in [1.29, 1.82) is 0 Å². The summed E-state index contributed by atoms with van der Waals surface area (Å²) in [4.78, 5) is 5.14. The first-order valence-electron chi connectivity index (χ1n) is 8.99. The Bertz CT molecular complexity index is 562. The minimum atomic E-state index is 0.720. The molecule has 0 saturated carbocycles. The third kappa shape index (κ3) is 4.26. The molecule has 23 heavy (non-hydrogen) atoms. The Morgan fingerprint density at radius 3 is 2.39 bits per heavy atom. The summed E-state index contributed by atoms with van der Waals surface area (Å²) in [6, 6.07) is 8.94. The molecule has 0 N–H and O–H groups in total. The van der Waals surface area contributed by atoms with Gasteiger partial charge in [-0.25, -0.2) is 0 Å². The monoisotopic (exact) mass is 310 g/mol. The highest BCUT2D eigenvalue weighted by Crippen LogP contribution is 2.28. The zero-order chi connectivity index (χ0) is 16.2. The summed E-state index contributed by atoms with van der Waals surface area (Å²) in [7, 11) is 0. The maximum Gasteiger partial charge on any atom is 0.0367 e. The molecular weight excluding hydrogens is 280 g/mol. The van der Waals surface area contributed by atoms with Gasteiger partial charge in [-0.2, -0.15) is 0 Å². The second kappa shape index (κ2) is 7.35. The molecule has 1 aliphatic carbocycles. The van der Waals surface area contributed by atoms with E-state index in [0.29, 0.717) is 0 Å². The first kappa shape index (κ1) is 16.3. The van der Waals surface area contributed by atoms with Gasteiger partial charge in [0, 0.05) is 38.4 Å². The first-order valence-corrected chi connectivity index (χ1v) is 8.99. The minimum Gasteiger partial charge on any atom is -0.369 e. The van der Waals surface area contributed by atoms with Gasteiger partial charge in [-0.05, 0) is 51.2 Å². The van der Waals surface area contributed by atoms with E-state index in [4.69, 9.17) is 0 Å². The summed E-state index contributed by atoms with van der Waals surface area (Å²) in [6.45, 7) is 14.3. The quantitative estimate of drug-likeness (QED) is 0.760. The predicted octanol–water partition coefficient (Wildman–Crippen LogP) is 4.42. The first-order chi connectivity index (χ1) is 11.1. The van der Waals surface area contributed by atoms with E-state index in [9.17, 15) is 0 Å². The average molecular weight is 310 g/mol. The molecule has 0 aromatic heterocycles. The van der Waals surface area contributed by atoms with E-state index in [1.54, 1.807) is 5.57 Å². The molecule has 3 rings (SSSR count). The lowest BCUT2D eigenvalue weighted by atomic mass is 9.85. The van der Waals surface area contributed by atoms with Crippen LogP contribution in [0.2, 0.25) is 0 Å². The summed E-state index contributed by atoms with van der Waals surface area (Å²) >= 11 is 0. The Kier molecular flexibility index (Phi) is 5.22. The van der Waals surface area contributed by atoms with Gasteiger partial charge in [0.15, 0.2) is 0 Å². The third-order valence-corrected chi connectivity index (χ3v) is 5.40. The van der Waals surface area contributed by atoms with Gasteiger partial charge in [-0.1, -0.05) is 41.5 Å². The molecule has 1 aromatic rings. The van der Waals surface area contributed by atoms with E-state index in [1.807, 2.05) is 0 Å². The minimum absolute atomic E-state index is 0.720. The molecule has 1 atom stereocenters. The summed E-state index contributed by atoms with van der Waals surface area (Å²) in [5.41, 5.74) is 5.71. The Balaban J connectivity index is 1.48. The summed E-state index contributed by atoms with van der Waals surface area (Å²) < 4.78 is 0. The van der Waals surface area contributed by atoms with Crippen LogP contribution in [0.25, 0.3) is 0 Å². The molecule has 2 aliphatic rings. The van der Waals surface area contributed by atoms with Crippen molar-refractivity contribution in [3.05, 3.63) is 53.6 Å². The second-order valence-corrected chi connectivity index (χ2v) is 7.28. The molecule has 1 aromatic carbocycles. The standard InChI is InChI=1S/C21H30N2/c1-17(2)20-8-6-19(7-9-20)16-22-12-14-23(15-13-22)21-10-4-18(3)5-11-21/h4-6,10-11,20H,1,7-9,12-16H2,2-3H3. The Hall–Kier alpha value is -1.54. The molecule has 0 spiro atoms. The van der Waals surface area contributed by atoms with Crippen LogP contribution in [0.15, 0.2) is 48.1 Å². The number of hydrogen-bond donors (Lipinski definition) is 0. The van der Waals surface area contributed by atoms with Crippen LogP contribution in [0.5, 0.6) is 0 Å². The van der Waals surface area contributed by atoms with Crippen molar-refractivity contribution in [1.82, 2.24) is 4.90 Å². The molecule has 1 unspecified atom stereocenters. The highest BCUT2D eigenvalue weighted by atomic mass is 15.3. The SMILES string of the molecule is C=C(C)C1CC=C(CN2CCN(c3ccc(C)cc3)CC2)CC1. The highest BCUT2D eigenvalue weighted by Gasteiger charge is 2.20. The average Bonchev–Trinajstić information content (AvgIpc) is 2.57. The fourth-order valence-electron chi connectivity index (χ4n) is 3.69. The smallest absolute Gasteiger partial charge is 0.0367 e.